The molecule has 0 amide bonds. The van der Waals surface area contributed by atoms with Gasteiger partial charge in [0.1, 0.15) is 11.6 Å². The summed E-state index contributed by atoms with van der Waals surface area (Å²) in [7, 11) is 0. The number of halogens is 1. The number of nitrogens with one attached hydrogen (secondary N) is 1. The second kappa shape index (κ2) is 6.22. The number of pyridine rings is 1. The van der Waals surface area contributed by atoms with Crippen LogP contribution in [0.5, 0.6) is 5.75 Å². The lowest BCUT2D eigenvalue weighted by molar-refractivity contribution is 0.303. The summed E-state index contributed by atoms with van der Waals surface area (Å²) in [4.78, 5) is 3.94. The molecule has 3 rings (SSSR count). The number of hydrogen-bond donors (Lipinski definition) is 1. The van der Waals surface area contributed by atoms with E-state index in [1.54, 1.807) is 6.20 Å². The van der Waals surface area contributed by atoms with Gasteiger partial charge in [0.2, 0.25) is 0 Å². The van der Waals surface area contributed by atoms with Crippen LogP contribution in [0.25, 0.3) is 0 Å². The van der Waals surface area contributed by atoms with Crippen molar-refractivity contribution < 1.29 is 9.13 Å². The summed E-state index contributed by atoms with van der Waals surface area (Å²) < 4.78 is 19.1. The summed E-state index contributed by atoms with van der Waals surface area (Å²) in [6.45, 7) is 2.83. The standard InChI is InChI=1S/C17H19FN2O/c1-2-20-17(13-9-14(18)11-19-10-13)12-3-5-15(6-4-12)21-16-7-8-16/h3-6,9-11,16-17,20H,2,7-8H2,1H3. The molecule has 1 unspecified atom stereocenters. The first kappa shape index (κ1) is 14.0. The van der Waals surface area contributed by atoms with Crippen LogP contribution < -0.4 is 10.1 Å². The van der Waals surface area contributed by atoms with Gasteiger partial charge in [-0.15, -0.1) is 0 Å². The quantitative estimate of drug-likeness (QED) is 0.883. The van der Waals surface area contributed by atoms with Crippen molar-refractivity contribution in [3.05, 3.63) is 59.7 Å². The molecule has 4 heteroatoms. The van der Waals surface area contributed by atoms with Crippen molar-refractivity contribution in [2.45, 2.75) is 31.9 Å². The summed E-state index contributed by atoms with van der Waals surface area (Å²) in [6.07, 6.45) is 5.62. The zero-order valence-electron chi connectivity index (χ0n) is 12.1. The predicted molar refractivity (Wildman–Crippen MR) is 79.8 cm³/mol. The summed E-state index contributed by atoms with van der Waals surface area (Å²) in [6, 6.07) is 9.46. The van der Waals surface area contributed by atoms with Crippen LogP contribution in [0.2, 0.25) is 0 Å². The third-order valence-electron chi connectivity index (χ3n) is 3.51. The van der Waals surface area contributed by atoms with Gasteiger partial charge in [-0.2, -0.15) is 0 Å². The molecule has 1 N–H and O–H groups in total. The van der Waals surface area contributed by atoms with Gasteiger partial charge in [-0.05, 0) is 48.7 Å². The fourth-order valence-corrected chi connectivity index (χ4v) is 2.34. The first-order chi connectivity index (χ1) is 10.3. The molecule has 1 fully saturated rings. The molecular weight excluding hydrogens is 267 g/mol. The maximum absolute atomic E-state index is 13.4. The van der Waals surface area contributed by atoms with Crippen molar-refractivity contribution in [3.8, 4) is 5.75 Å². The third kappa shape index (κ3) is 3.58. The Hall–Kier alpha value is -1.94. The number of benzene rings is 1. The van der Waals surface area contributed by atoms with E-state index >= 15 is 0 Å². The molecule has 0 bridgehead atoms. The molecule has 1 heterocycles. The lowest BCUT2D eigenvalue weighted by Gasteiger charge is -2.19. The minimum atomic E-state index is -0.316. The zero-order chi connectivity index (χ0) is 14.7. The SMILES string of the molecule is CCNC(c1ccc(OC2CC2)cc1)c1cncc(F)c1. The Kier molecular flexibility index (Phi) is 4.15. The van der Waals surface area contributed by atoms with Gasteiger partial charge >= 0.3 is 0 Å². The Morgan fingerprint density at radius 2 is 2.00 bits per heavy atom. The monoisotopic (exact) mass is 286 g/mol. The van der Waals surface area contributed by atoms with E-state index in [0.29, 0.717) is 6.10 Å². The summed E-state index contributed by atoms with van der Waals surface area (Å²) in [5, 5.41) is 3.37. The molecule has 1 aromatic heterocycles. The fourth-order valence-electron chi connectivity index (χ4n) is 2.34. The Labute approximate surface area is 124 Å². The molecule has 1 atom stereocenters. The highest BCUT2D eigenvalue weighted by Crippen LogP contribution is 2.28. The van der Waals surface area contributed by atoms with Crippen molar-refractivity contribution in [2.24, 2.45) is 0 Å². The Balaban J connectivity index is 1.82. The van der Waals surface area contributed by atoms with Gasteiger partial charge in [0, 0.05) is 6.20 Å². The first-order valence-electron chi connectivity index (χ1n) is 7.36. The molecule has 0 saturated heterocycles. The number of hydrogen-bond acceptors (Lipinski definition) is 3. The second-order valence-corrected chi connectivity index (χ2v) is 5.31. The minimum Gasteiger partial charge on any atom is -0.490 e. The molecule has 1 aliphatic rings. The van der Waals surface area contributed by atoms with Gasteiger partial charge in [-0.3, -0.25) is 4.98 Å². The van der Waals surface area contributed by atoms with E-state index in [0.717, 1.165) is 36.3 Å². The summed E-state index contributed by atoms with van der Waals surface area (Å²) >= 11 is 0. The van der Waals surface area contributed by atoms with Crippen LogP contribution in [0.4, 0.5) is 4.39 Å². The third-order valence-corrected chi connectivity index (χ3v) is 3.51. The average Bonchev–Trinajstić information content (AvgIpc) is 3.30. The van der Waals surface area contributed by atoms with Gasteiger partial charge < -0.3 is 10.1 Å². The van der Waals surface area contributed by atoms with E-state index in [-0.39, 0.29) is 11.9 Å². The van der Waals surface area contributed by atoms with Crippen molar-refractivity contribution in [2.75, 3.05) is 6.54 Å². The number of rotatable bonds is 6. The van der Waals surface area contributed by atoms with Crippen molar-refractivity contribution in [3.63, 3.8) is 0 Å². The maximum atomic E-state index is 13.4. The predicted octanol–water partition coefficient (Wildman–Crippen LogP) is 3.46. The first-order valence-corrected chi connectivity index (χ1v) is 7.36. The smallest absolute Gasteiger partial charge is 0.141 e. The minimum absolute atomic E-state index is 0.0619. The molecular formula is C17H19FN2O. The second-order valence-electron chi connectivity index (χ2n) is 5.31. The number of aromatic nitrogens is 1. The Morgan fingerprint density at radius 1 is 1.24 bits per heavy atom. The largest absolute Gasteiger partial charge is 0.490 e. The summed E-state index contributed by atoms with van der Waals surface area (Å²) in [5.41, 5.74) is 1.90. The molecule has 110 valence electrons. The highest BCUT2D eigenvalue weighted by Gasteiger charge is 2.23. The lowest BCUT2D eigenvalue weighted by Crippen LogP contribution is -2.22. The van der Waals surface area contributed by atoms with E-state index in [1.807, 2.05) is 31.2 Å². The molecule has 2 aromatic rings. The number of nitrogens with zero attached hydrogens (tertiary/aromatic N) is 1. The normalized spacial score (nSPS) is 15.7. The van der Waals surface area contributed by atoms with E-state index in [1.165, 1.54) is 12.3 Å². The molecule has 0 radical (unpaired) electrons. The van der Waals surface area contributed by atoms with Crippen LogP contribution in [0.15, 0.2) is 42.7 Å². The van der Waals surface area contributed by atoms with Gasteiger partial charge in [0.15, 0.2) is 0 Å². The Bertz CT molecular complexity index is 596. The van der Waals surface area contributed by atoms with Gasteiger partial charge in [-0.1, -0.05) is 19.1 Å². The van der Waals surface area contributed by atoms with Crippen molar-refractivity contribution in [1.29, 1.82) is 0 Å². The molecule has 1 aliphatic carbocycles. The van der Waals surface area contributed by atoms with Crippen LogP contribution in [0.1, 0.15) is 36.9 Å². The van der Waals surface area contributed by atoms with Crippen LogP contribution in [0.3, 0.4) is 0 Å². The topological polar surface area (TPSA) is 34.1 Å². The molecule has 0 spiro atoms. The van der Waals surface area contributed by atoms with Crippen LogP contribution in [0, 0.1) is 5.82 Å². The highest BCUT2D eigenvalue weighted by molar-refractivity contribution is 5.35. The lowest BCUT2D eigenvalue weighted by atomic mass is 10.00. The fraction of sp³-hybridized carbons (Fsp3) is 0.353. The van der Waals surface area contributed by atoms with E-state index < -0.39 is 0 Å². The molecule has 0 aliphatic heterocycles. The molecule has 3 nitrogen and oxygen atoms in total. The van der Waals surface area contributed by atoms with Crippen molar-refractivity contribution >= 4 is 0 Å². The van der Waals surface area contributed by atoms with Crippen LogP contribution in [-0.4, -0.2) is 17.6 Å². The van der Waals surface area contributed by atoms with Crippen LogP contribution in [-0.2, 0) is 0 Å². The highest BCUT2D eigenvalue weighted by atomic mass is 19.1. The summed E-state index contributed by atoms with van der Waals surface area (Å²) in [5.74, 6) is 0.581. The van der Waals surface area contributed by atoms with Crippen molar-refractivity contribution in [1.82, 2.24) is 10.3 Å². The van der Waals surface area contributed by atoms with Gasteiger partial charge in [0.05, 0.1) is 18.3 Å². The zero-order valence-corrected chi connectivity index (χ0v) is 12.1. The average molecular weight is 286 g/mol. The van der Waals surface area contributed by atoms with Crippen LogP contribution >= 0.6 is 0 Å². The molecule has 21 heavy (non-hydrogen) atoms. The maximum Gasteiger partial charge on any atom is 0.141 e. The molecule has 1 aromatic carbocycles. The van der Waals surface area contributed by atoms with Gasteiger partial charge in [0.25, 0.3) is 0 Å². The Morgan fingerprint density at radius 3 is 2.62 bits per heavy atom. The van der Waals surface area contributed by atoms with Gasteiger partial charge in [-0.25, -0.2) is 4.39 Å². The van der Waals surface area contributed by atoms with E-state index in [4.69, 9.17) is 4.74 Å². The number of ether oxygens (including phenoxy) is 1. The molecule has 1 saturated carbocycles. The van der Waals surface area contributed by atoms with E-state index in [9.17, 15) is 4.39 Å². The van der Waals surface area contributed by atoms with E-state index in [2.05, 4.69) is 10.3 Å².